The lowest BCUT2D eigenvalue weighted by atomic mass is 9.96. The van der Waals surface area contributed by atoms with Crippen molar-refractivity contribution in [1.82, 2.24) is 4.31 Å². The Labute approximate surface area is 188 Å². The Morgan fingerprint density at radius 3 is 2.39 bits per heavy atom. The predicted molar refractivity (Wildman–Crippen MR) is 121 cm³/mol. The van der Waals surface area contributed by atoms with Crippen LogP contribution >= 0.6 is 11.6 Å². The molecule has 7 nitrogen and oxygen atoms in total. The Bertz CT molecular complexity index is 1050. The molecular weight excluding hydrogens is 440 g/mol. The molecule has 0 saturated heterocycles. The number of hydrogen-bond acceptors (Lipinski definition) is 5. The second-order valence-electron chi connectivity index (χ2n) is 7.48. The van der Waals surface area contributed by atoms with E-state index in [2.05, 4.69) is 5.32 Å². The molecule has 1 amide bonds. The predicted octanol–water partition coefficient (Wildman–Crippen LogP) is 4.56. The number of halogens is 1. The van der Waals surface area contributed by atoms with E-state index in [-0.39, 0.29) is 16.5 Å². The van der Waals surface area contributed by atoms with Gasteiger partial charge >= 0.3 is 0 Å². The summed E-state index contributed by atoms with van der Waals surface area (Å²) in [7, 11) is 0.838. The fraction of sp³-hybridized carbons (Fsp3) is 0.409. The monoisotopic (exact) mass is 466 g/mol. The molecule has 0 heterocycles. The van der Waals surface area contributed by atoms with Crippen LogP contribution in [0.4, 0.5) is 5.69 Å². The maximum atomic E-state index is 13.1. The largest absolute Gasteiger partial charge is 0.495 e. The molecule has 0 atom stereocenters. The molecule has 0 aromatic heterocycles. The van der Waals surface area contributed by atoms with Crippen molar-refractivity contribution >= 4 is 33.2 Å². The fourth-order valence-electron chi connectivity index (χ4n) is 3.76. The zero-order valence-corrected chi connectivity index (χ0v) is 19.4. The second kappa shape index (κ2) is 9.89. The van der Waals surface area contributed by atoms with Gasteiger partial charge in [-0.2, -0.15) is 4.31 Å². The van der Waals surface area contributed by atoms with Crippen LogP contribution in [0.1, 0.15) is 42.5 Å². The topological polar surface area (TPSA) is 84.9 Å². The van der Waals surface area contributed by atoms with Gasteiger partial charge in [0.1, 0.15) is 11.5 Å². The maximum absolute atomic E-state index is 13.1. The molecule has 168 valence electrons. The number of sulfonamides is 1. The number of nitrogens with one attached hydrogen (secondary N) is 1. The number of carbonyl (C=O) groups excluding carboxylic acids is 1. The minimum Gasteiger partial charge on any atom is -0.495 e. The molecule has 3 rings (SSSR count). The van der Waals surface area contributed by atoms with Gasteiger partial charge in [-0.05, 0) is 31.0 Å². The summed E-state index contributed by atoms with van der Waals surface area (Å²) in [5.41, 5.74) is 0.579. The van der Waals surface area contributed by atoms with Gasteiger partial charge in [0.2, 0.25) is 10.0 Å². The molecule has 0 unspecified atom stereocenters. The Kier molecular flexibility index (Phi) is 7.46. The summed E-state index contributed by atoms with van der Waals surface area (Å²) < 4.78 is 38.2. The van der Waals surface area contributed by atoms with Crippen LogP contribution in [0.15, 0.2) is 41.3 Å². The number of methoxy groups -OCH3 is 2. The quantitative estimate of drug-likeness (QED) is 0.646. The van der Waals surface area contributed by atoms with Gasteiger partial charge in [0.05, 0.1) is 29.8 Å². The minimum atomic E-state index is -3.71. The van der Waals surface area contributed by atoms with E-state index >= 15 is 0 Å². The van der Waals surface area contributed by atoms with E-state index in [1.54, 1.807) is 25.2 Å². The summed E-state index contributed by atoms with van der Waals surface area (Å²) in [6.45, 7) is 0. The van der Waals surface area contributed by atoms with Gasteiger partial charge in [0.15, 0.2) is 0 Å². The molecule has 1 saturated carbocycles. The van der Waals surface area contributed by atoms with Crippen molar-refractivity contribution in [2.24, 2.45) is 0 Å². The first-order chi connectivity index (χ1) is 14.8. The van der Waals surface area contributed by atoms with Crippen LogP contribution in [0.25, 0.3) is 0 Å². The lowest BCUT2D eigenvalue weighted by Gasteiger charge is -2.30. The van der Waals surface area contributed by atoms with Crippen LogP contribution < -0.4 is 14.8 Å². The Morgan fingerprint density at radius 1 is 1.06 bits per heavy atom. The summed E-state index contributed by atoms with van der Waals surface area (Å²) >= 11 is 6.11. The van der Waals surface area contributed by atoms with Crippen LogP contribution in [-0.4, -0.2) is 45.9 Å². The number of nitrogens with zero attached hydrogens (tertiary/aromatic N) is 1. The minimum absolute atomic E-state index is 0.0120. The van der Waals surface area contributed by atoms with Gasteiger partial charge in [0, 0.05) is 30.8 Å². The highest BCUT2D eigenvalue weighted by atomic mass is 35.5. The molecule has 0 bridgehead atoms. The number of benzene rings is 2. The lowest BCUT2D eigenvalue weighted by molar-refractivity contribution is 0.102. The second-order valence-corrected chi connectivity index (χ2v) is 9.89. The first kappa shape index (κ1) is 23.4. The summed E-state index contributed by atoms with van der Waals surface area (Å²) in [6, 6.07) is 9.11. The third-order valence-electron chi connectivity index (χ3n) is 5.58. The van der Waals surface area contributed by atoms with Gasteiger partial charge in [0.25, 0.3) is 5.91 Å². The van der Waals surface area contributed by atoms with Gasteiger partial charge in [-0.25, -0.2) is 8.42 Å². The van der Waals surface area contributed by atoms with E-state index in [1.807, 2.05) is 0 Å². The average molecular weight is 467 g/mol. The van der Waals surface area contributed by atoms with Crippen molar-refractivity contribution in [3.05, 3.63) is 47.0 Å². The van der Waals surface area contributed by atoms with Crippen molar-refractivity contribution in [3.8, 4) is 11.5 Å². The number of anilines is 1. The van der Waals surface area contributed by atoms with Gasteiger partial charge in [-0.3, -0.25) is 4.79 Å². The fourth-order valence-corrected chi connectivity index (χ4v) is 5.45. The number of ether oxygens (including phenoxy) is 2. The van der Waals surface area contributed by atoms with E-state index in [9.17, 15) is 13.2 Å². The number of hydrogen-bond donors (Lipinski definition) is 1. The third-order valence-corrected chi connectivity index (χ3v) is 7.79. The summed E-state index contributed by atoms with van der Waals surface area (Å²) in [5, 5.41) is 3.08. The van der Waals surface area contributed by atoms with E-state index in [1.165, 1.54) is 36.7 Å². The van der Waals surface area contributed by atoms with Crippen molar-refractivity contribution in [1.29, 1.82) is 0 Å². The standard InChI is InChI=1S/C22H27ClN2O5S/c1-25(16-9-5-4-6-10-16)31(27,28)17-11-7-8-15(12-17)22(26)24-19-14-20(29-2)18(23)13-21(19)30-3/h7-8,11-14,16H,4-6,9-10H2,1-3H3,(H,24,26). The highest BCUT2D eigenvalue weighted by Crippen LogP contribution is 2.36. The van der Waals surface area contributed by atoms with Crippen molar-refractivity contribution in [2.45, 2.75) is 43.0 Å². The highest BCUT2D eigenvalue weighted by Gasteiger charge is 2.29. The van der Waals surface area contributed by atoms with Crippen molar-refractivity contribution in [3.63, 3.8) is 0 Å². The van der Waals surface area contributed by atoms with Gasteiger partial charge < -0.3 is 14.8 Å². The third kappa shape index (κ3) is 5.14. The van der Waals surface area contributed by atoms with E-state index in [0.717, 1.165) is 32.1 Å². The van der Waals surface area contributed by atoms with Gasteiger partial charge in [-0.15, -0.1) is 0 Å². The summed E-state index contributed by atoms with van der Waals surface area (Å²) in [4.78, 5) is 13.0. The summed E-state index contributed by atoms with van der Waals surface area (Å²) in [6.07, 6.45) is 4.90. The van der Waals surface area contributed by atoms with Crippen molar-refractivity contribution < 1.29 is 22.7 Å². The SMILES string of the molecule is COc1cc(NC(=O)c2cccc(S(=O)(=O)N(C)C3CCCCC3)c2)c(OC)cc1Cl. The van der Waals surface area contributed by atoms with E-state index in [4.69, 9.17) is 21.1 Å². The zero-order chi connectivity index (χ0) is 22.6. The van der Waals surface area contributed by atoms with Crippen LogP contribution in [0.3, 0.4) is 0 Å². The molecule has 2 aromatic rings. The first-order valence-electron chi connectivity index (χ1n) is 10.1. The number of carbonyl (C=O) groups is 1. The van der Waals surface area contributed by atoms with Crippen LogP contribution in [0.5, 0.6) is 11.5 Å². The Hall–Kier alpha value is -2.29. The zero-order valence-electron chi connectivity index (χ0n) is 17.9. The van der Waals surface area contributed by atoms with Crippen LogP contribution in [-0.2, 0) is 10.0 Å². The molecule has 1 aliphatic rings. The molecule has 1 aliphatic carbocycles. The average Bonchev–Trinajstić information content (AvgIpc) is 2.79. The van der Waals surface area contributed by atoms with E-state index < -0.39 is 15.9 Å². The molecular formula is C22H27ClN2O5S. The molecule has 2 aromatic carbocycles. The lowest BCUT2D eigenvalue weighted by Crippen LogP contribution is -2.38. The summed E-state index contributed by atoms with van der Waals surface area (Å²) in [5.74, 6) is 0.267. The van der Waals surface area contributed by atoms with Crippen molar-refractivity contribution in [2.75, 3.05) is 26.6 Å². The van der Waals surface area contributed by atoms with Gasteiger partial charge in [-0.1, -0.05) is 36.9 Å². The molecule has 0 spiro atoms. The molecule has 1 fully saturated rings. The number of amides is 1. The molecule has 0 radical (unpaired) electrons. The number of rotatable bonds is 7. The van der Waals surface area contributed by atoms with E-state index in [0.29, 0.717) is 22.2 Å². The molecule has 0 aliphatic heterocycles. The Balaban J connectivity index is 1.85. The Morgan fingerprint density at radius 2 is 1.74 bits per heavy atom. The molecule has 1 N–H and O–H groups in total. The molecule has 31 heavy (non-hydrogen) atoms. The highest BCUT2D eigenvalue weighted by molar-refractivity contribution is 7.89. The normalized spacial score (nSPS) is 15.0. The van der Waals surface area contributed by atoms with Crippen LogP contribution in [0, 0.1) is 0 Å². The molecule has 9 heteroatoms. The maximum Gasteiger partial charge on any atom is 0.255 e. The smallest absolute Gasteiger partial charge is 0.255 e. The first-order valence-corrected chi connectivity index (χ1v) is 11.9. The van der Waals surface area contributed by atoms with Crippen LogP contribution in [0.2, 0.25) is 5.02 Å².